The lowest BCUT2D eigenvalue weighted by Gasteiger charge is -1.97. The van der Waals surface area contributed by atoms with Gasteiger partial charge in [-0.25, -0.2) is 9.97 Å². The fourth-order valence-electron chi connectivity index (χ4n) is 1.33. The summed E-state index contributed by atoms with van der Waals surface area (Å²) in [4.78, 5) is 9.76. The van der Waals surface area contributed by atoms with E-state index in [4.69, 9.17) is 5.73 Å². The van der Waals surface area contributed by atoms with Crippen LogP contribution in [0, 0.1) is 6.92 Å². The molecule has 0 aromatic carbocycles. The predicted octanol–water partition coefficient (Wildman–Crippen LogP) is 1.31. The Balaban J connectivity index is 2.51. The Hall–Kier alpha value is -1.20. The average Bonchev–Trinajstić information content (AvgIpc) is 2.72. The molecule has 0 spiro atoms. The zero-order valence-electron chi connectivity index (χ0n) is 8.19. The van der Waals surface area contributed by atoms with Crippen molar-refractivity contribution in [1.82, 2.24) is 14.5 Å². The van der Waals surface area contributed by atoms with E-state index in [1.54, 1.807) is 17.5 Å². The summed E-state index contributed by atoms with van der Waals surface area (Å²) in [5.74, 6) is 0.958. The van der Waals surface area contributed by atoms with Crippen LogP contribution < -0.4 is 5.73 Å². The molecule has 0 saturated heterocycles. The summed E-state index contributed by atoms with van der Waals surface area (Å²) in [6.07, 6.45) is 3.72. The van der Waals surface area contributed by atoms with Gasteiger partial charge in [0.25, 0.3) is 0 Å². The van der Waals surface area contributed by atoms with Crippen LogP contribution in [0.15, 0.2) is 12.4 Å². The maximum absolute atomic E-state index is 5.54. The first kappa shape index (κ1) is 9.36. The Kier molecular flexibility index (Phi) is 2.35. The highest BCUT2D eigenvalue weighted by molar-refractivity contribution is 7.15. The van der Waals surface area contributed by atoms with Crippen molar-refractivity contribution in [2.75, 3.05) is 0 Å². The molecule has 0 aliphatic heterocycles. The van der Waals surface area contributed by atoms with Gasteiger partial charge in [-0.15, -0.1) is 11.3 Å². The zero-order valence-corrected chi connectivity index (χ0v) is 9.01. The average molecular weight is 208 g/mol. The molecule has 2 aromatic heterocycles. The number of thiazole rings is 1. The molecule has 4 nitrogen and oxygen atoms in total. The Labute approximate surface area is 86.4 Å². The summed E-state index contributed by atoms with van der Waals surface area (Å²) < 4.78 is 1.99. The van der Waals surface area contributed by atoms with Gasteiger partial charge in [0, 0.05) is 26.0 Å². The summed E-state index contributed by atoms with van der Waals surface area (Å²) in [5, 5.41) is 0.959. The second kappa shape index (κ2) is 3.51. The summed E-state index contributed by atoms with van der Waals surface area (Å²) >= 11 is 1.61. The van der Waals surface area contributed by atoms with Crippen molar-refractivity contribution in [3.63, 3.8) is 0 Å². The highest BCUT2D eigenvalue weighted by Gasteiger charge is 2.11. The van der Waals surface area contributed by atoms with Gasteiger partial charge in [-0.1, -0.05) is 0 Å². The van der Waals surface area contributed by atoms with Gasteiger partial charge in [-0.2, -0.15) is 0 Å². The van der Waals surface area contributed by atoms with Crippen LogP contribution in [0.2, 0.25) is 0 Å². The standard InChI is InChI=1S/C9H12N4S/c1-6-8(14-7(5-10)12-6)9-11-3-4-13(9)2/h3-4H,5,10H2,1-2H3. The largest absolute Gasteiger partial charge is 0.333 e. The molecule has 2 aromatic rings. The van der Waals surface area contributed by atoms with Crippen LogP contribution in [0.1, 0.15) is 10.7 Å². The molecule has 2 heterocycles. The van der Waals surface area contributed by atoms with E-state index in [0.717, 1.165) is 21.4 Å². The monoisotopic (exact) mass is 208 g/mol. The van der Waals surface area contributed by atoms with Gasteiger partial charge in [0.05, 0.1) is 10.6 Å². The third-order valence-electron chi connectivity index (χ3n) is 2.04. The minimum atomic E-state index is 0.496. The SMILES string of the molecule is Cc1nc(CN)sc1-c1nccn1C. The Morgan fingerprint density at radius 2 is 2.36 bits per heavy atom. The van der Waals surface area contributed by atoms with E-state index in [-0.39, 0.29) is 0 Å². The Bertz CT molecular complexity index is 443. The number of imidazole rings is 1. The fraction of sp³-hybridized carbons (Fsp3) is 0.333. The molecule has 0 aliphatic rings. The fourth-order valence-corrected chi connectivity index (χ4v) is 2.31. The molecular weight excluding hydrogens is 196 g/mol. The van der Waals surface area contributed by atoms with Crippen molar-refractivity contribution in [3.8, 4) is 10.7 Å². The maximum Gasteiger partial charge on any atom is 0.151 e. The number of aromatic nitrogens is 3. The van der Waals surface area contributed by atoms with Crippen LogP contribution in [0.3, 0.4) is 0 Å². The highest BCUT2D eigenvalue weighted by Crippen LogP contribution is 2.27. The minimum absolute atomic E-state index is 0.496. The first-order chi connectivity index (χ1) is 6.72. The number of hydrogen-bond acceptors (Lipinski definition) is 4. The smallest absolute Gasteiger partial charge is 0.151 e. The quantitative estimate of drug-likeness (QED) is 0.809. The molecule has 0 atom stereocenters. The molecule has 5 heteroatoms. The van der Waals surface area contributed by atoms with Gasteiger partial charge in [0.15, 0.2) is 5.82 Å². The summed E-state index contributed by atoms with van der Waals surface area (Å²) in [5.41, 5.74) is 6.55. The summed E-state index contributed by atoms with van der Waals surface area (Å²) in [7, 11) is 1.98. The molecule has 74 valence electrons. The number of rotatable bonds is 2. The van der Waals surface area contributed by atoms with Gasteiger partial charge in [0.2, 0.25) is 0 Å². The van der Waals surface area contributed by atoms with E-state index >= 15 is 0 Å². The van der Waals surface area contributed by atoms with Crippen LogP contribution in [0.25, 0.3) is 10.7 Å². The minimum Gasteiger partial charge on any atom is -0.333 e. The molecule has 0 unspecified atom stereocenters. The number of nitrogens with zero attached hydrogens (tertiary/aromatic N) is 3. The van der Waals surface area contributed by atoms with Crippen LogP contribution in [0.4, 0.5) is 0 Å². The highest BCUT2D eigenvalue weighted by atomic mass is 32.1. The van der Waals surface area contributed by atoms with Crippen LogP contribution in [0.5, 0.6) is 0 Å². The van der Waals surface area contributed by atoms with E-state index in [1.165, 1.54) is 0 Å². The molecule has 2 N–H and O–H groups in total. The molecular formula is C9H12N4S. The summed E-state index contributed by atoms with van der Waals surface area (Å²) in [6, 6.07) is 0. The van der Waals surface area contributed by atoms with E-state index in [2.05, 4.69) is 9.97 Å². The van der Waals surface area contributed by atoms with Gasteiger partial charge >= 0.3 is 0 Å². The zero-order chi connectivity index (χ0) is 10.1. The van der Waals surface area contributed by atoms with Crippen molar-refractivity contribution in [2.24, 2.45) is 12.8 Å². The lowest BCUT2D eigenvalue weighted by atomic mass is 10.4. The lowest BCUT2D eigenvalue weighted by Crippen LogP contribution is -1.94. The molecule has 0 amide bonds. The van der Waals surface area contributed by atoms with Gasteiger partial charge in [-0.3, -0.25) is 0 Å². The Morgan fingerprint density at radius 3 is 2.86 bits per heavy atom. The normalized spacial score (nSPS) is 10.8. The van der Waals surface area contributed by atoms with E-state index < -0.39 is 0 Å². The van der Waals surface area contributed by atoms with Crippen molar-refractivity contribution in [3.05, 3.63) is 23.1 Å². The molecule has 0 aliphatic carbocycles. The second-order valence-electron chi connectivity index (χ2n) is 3.09. The third-order valence-corrected chi connectivity index (χ3v) is 3.22. The maximum atomic E-state index is 5.54. The van der Waals surface area contributed by atoms with Crippen molar-refractivity contribution in [1.29, 1.82) is 0 Å². The Morgan fingerprint density at radius 1 is 1.57 bits per heavy atom. The first-order valence-corrected chi connectivity index (χ1v) is 5.18. The van der Waals surface area contributed by atoms with Crippen molar-refractivity contribution < 1.29 is 0 Å². The van der Waals surface area contributed by atoms with E-state index in [1.807, 2.05) is 24.7 Å². The second-order valence-corrected chi connectivity index (χ2v) is 4.17. The molecule has 14 heavy (non-hydrogen) atoms. The predicted molar refractivity (Wildman–Crippen MR) is 56.9 cm³/mol. The lowest BCUT2D eigenvalue weighted by molar-refractivity contribution is 0.925. The molecule has 0 radical (unpaired) electrons. The van der Waals surface area contributed by atoms with Gasteiger partial charge < -0.3 is 10.3 Å². The van der Waals surface area contributed by atoms with Crippen molar-refractivity contribution in [2.45, 2.75) is 13.5 Å². The first-order valence-electron chi connectivity index (χ1n) is 4.36. The van der Waals surface area contributed by atoms with E-state index in [9.17, 15) is 0 Å². The summed E-state index contributed by atoms with van der Waals surface area (Å²) in [6.45, 7) is 2.48. The molecule has 0 bridgehead atoms. The number of aryl methyl sites for hydroxylation is 2. The van der Waals surface area contributed by atoms with Crippen LogP contribution in [-0.4, -0.2) is 14.5 Å². The van der Waals surface area contributed by atoms with Gasteiger partial charge in [0.1, 0.15) is 5.01 Å². The molecule has 2 rings (SSSR count). The third kappa shape index (κ3) is 1.44. The number of nitrogens with two attached hydrogens (primary N) is 1. The van der Waals surface area contributed by atoms with E-state index in [0.29, 0.717) is 6.54 Å². The van der Waals surface area contributed by atoms with Crippen LogP contribution in [-0.2, 0) is 13.6 Å². The van der Waals surface area contributed by atoms with Gasteiger partial charge in [-0.05, 0) is 6.92 Å². The molecule has 0 saturated carbocycles. The molecule has 0 fully saturated rings. The topological polar surface area (TPSA) is 56.7 Å². The van der Waals surface area contributed by atoms with Crippen LogP contribution >= 0.6 is 11.3 Å². The number of hydrogen-bond donors (Lipinski definition) is 1. The van der Waals surface area contributed by atoms with Crippen molar-refractivity contribution >= 4 is 11.3 Å².